The lowest BCUT2D eigenvalue weighted by atomic mass is 9.78. The van der Waals surface area contributed by atoms with Crippen LogP contribution in [0.5, 0.6) is 5.75 Å². The molecule has 0 spiro atoms. The van der Waals surface area contributed by atoms with Gasteiger partial charge in [0.2, 0.25) is 12.3 Å². The van der Waals surface area contributed by atoms with Crippen LogP contribution in [0, 0.1) is 0 Å². The third-order valence-corrected chi connectivity index (χ3v) is 4.72. The summed E-state index contributed by atoms with van der Waals surface area (Å²) >= 11 is 0. The van der Waals surface area contributed by atoms with Crippen molar-refractivity contribution in [2.45, 2.75) is 77.8 Å². The lowest BCUT2D eigenvalue weighted by molar-refractivity contribution is -0.144. The molecule has 0 heterocycles. The zero-order valence-corrected chi connectivity index (χ0v) is 18.7. The van der Waals surface area contributed by atoms with Gasteiger partial charge in [-0.3, -0.25) is 9.59 Å². The van der Waals surface area contributed by atoms with Crippen molar-refractivity contribution in [1.29, 1.82) is 0 Å². The molecule has 0 aliphatic rings. The molecule has 7 heteroatoms. The number of rotatable bonds is 7. The topological polar surface area (TPSA) is 105 Å². The summed E-state index contributed by atoms with van der Waals surface area (Å²) in [6.07, 6.45) is 0.674. The molecule has 0 radical (unpaired) electrons. The Hall–Kier alpha value is -2.57. The predicted molar refractivity (Wildman–Crippen MR) is 112 cm³/mol. The summed E-state index contributed by atoms with van der Waals surface area (Å²) in [6, 6.07) is 2.02. The molecule has 162 valence electrons. The number of amides is 2. The average Bonchev–Trinajstić information content (AvgIpc) is 2.59. The van der Waals surface area contributed by atoms with Crippen LogP contribution in [0.1, 0.15) is 65.2 Å². The fourth-order valence-electron chi connectivity index (χ4n) is 3.05. The highest BCUT2D eigenvalue weighted by Gasteiger charge is 2.28. The monoisotopic (exact) mass is 406 g/mol. The maximum Gasteiger partial charge on any atom is 0.328 e. The minimum absolute atomic E-state index is 0.213. The summed E-state index contributed by atoms with van der Waals surface area (Å²) in [5.41, 5.74) is 1.73. The van der Waals surface area contributed by atoms with Gasteiger partial charge in [-0.05, 0) is 34.4 Å². The van der Waals surface area contributed by atoms with Crippen LogP contribution in [0.2, 0.25) is 0 Å². The SMILES string of the molecule is COC(=O)C(C)NC(=O)C(Cc1cc(C(C)(C)C)c(O)c(C(C)(C)C)c1)NC=O. The Morgan fingerprint density at radius 2 is 1.59 bits per heavy atom. The predicted octanol–water partition coefficient (Wildman–Crippen LogP) is 2.32. The van der Waals surface area contributed by atoms with E-state index >= 15 is 0 Å². The van der Waals surface area contributed by atoms with E-state index in [0.717, 1.165) is 16.7 Å². The Labute approximate surface area is 173 Å². The number of aromatic hydroxyl groups is 1. The van der Waals surface area contributed by atoms with Crippen molar-refractivity contribution >= 4 is 18.3 Å². The van der Waals surface area contributed by atoms with Crippen molar-refractivity contribution in [2.24, 2.45) is 0 Å². The molecule has 2 atom stereocenters. The fraction of sp³-hybridized carbons (Fsp3) is 0.591. The van der Waals surface area contributed by atoms with E-state index in [1.165, 1.54) is 14.0 Å². The first-order valence-corrected chi connectivity index (χ1v) is 9.67. The average molecular weight is 407 g/mol. The second-order valence-electron chi connectivity index (χ2n) is 9.33. The molecule has 0 aliphatic heterocycles. The summed E-state index contributed by atoms with van der Waals surface area (Å²) in [7, 11) is 1.24. The Morgan fingerprint density at radius 3 is 1.97 bits per heavy atom. The lowest BCUT2D eigenvalue weighted by Crippen LogP contribution is -2.50. The second kappa shape index (κ2) is 9.29. The van der Waals surface area contributed by atoms with E-state index in [1.807, 2.05) is 53.7 Å². The van der Waals surface area contributed by atoms with E-state index < -0.39 is 24.0 Å². The molecule has 1 aromatic carbocycles. The minimum Gasteiger partial charge on any atom is -0.507 e. The summed E-state index contributed by atoms with van der Waals surface area (Å²) in [5, 5.41) is 15.9. The van der Waals surface area contributed by atoms with Gasteiger partial charge in [0.25, 0.3) is 0 Å². The van der Waals surface area contributed by atoms with E-state index in [9.17, 15) is 19.5 Å². The molecule has 29 heavy (non-hydrogen) atoms. The van der Waals surface area contributed by atoms with Crippen LogP contribution in [0.4, 0.5) is 0 Å². The van der Waals surface area contributed by atoms with Crippen LogP contribution in [-0.2, 0) is 36.4 Å². The first-order valence-electron chi connectivity index (χ1n) is 9.67. The molecule has 0 aliphatic carbocycles. The van der Waals surface area contributed by atoms with Crippen LogP contribution >= 0.6 is 0 Å². The van der Waals surface area contributed by atoms with Crippen molar-refractivity contribution in [3.63, 3.8) is 0 Å². The van der Waals surface area contributed by atoms with Gasteiger partial charge in [0, 0.05) is 6.42 Å². The second-order valence-corrected chi connectivity index (χ2v) is 9.33. The van der Waals surface area contributed by atoms with Gasteiger partial charge in [-0.1, -0.05) is 53.7 Å². The van der Waals surface area contributed by atoms with Gasteiger partial charge in [0.1, 0.15) is 17.8 Å². The summed E-state index contributed by atoms with van der Waals surface area (Å²) in [4.78, 5) is 35.3. The maximum absolute atomic E-state index is 12.6. The number of carbonyl (C=O) groups excluding carboxylic acids is 3. The number of hydrogen-bond donors (Lipinski definition) is 3. The zero-order chi connectivity index (χ0) is 22.6. The Kier molecular flexibility index (Phi) is 7.83. The van der Waals surface area contributed by atoms with E-state index in [4.69, 9.17) is 0 Å². The van der Waals surface area contributed by atoms with Gasteiger partial charge in [0.05, 0.1) is 7.11 Å². The maximum atomic E-state index is 12.6. The standard InChI is InChI=1S/C22H34N2O5/c1-13(20(28)29-8)24-19(27)17(23-12-25)11-14-9-15(21(2,3)4)18(26)16(10-14)22(5,6)7/h9-10,12-13,17,26H,11H2,1-8H3,(H,23,25)(H,24,27). The van der Waals surface area contributed by atoms with Gasteiger partial charge < -0.3 is 20.5 Å². The first-order chi connectivity index (χ1) is 13.2. The molecule has 0 aromatic heterocycles. The highest BCUT2D eigenvalue weighted by molar-refractivity contribution is 5.88. The third-order valence-electron chi connectivity index (χ3n) is 4.72. The molecule has 2 amide bonds. The molecule has 1 rings (SSSR count). The Morgan fingerprint density at radius 1 is 1.10 bits per heavy atom. The zero-order valence-electron chi connectivity index (χ0n) is 18.7. The van der Waals surface area contributed by atoms with Crippen LogP contribution in [0.25, 0.3) is 0 Å². The quantitative estimate of drug-likeness (QED) is 0.476. The smallest absolute Gasteiger partial charge is 0.328 e. The molecular formula is C22H34N2O5. The number of esters is 1. The van der Waals surface area contributed by atoms with E-state index in [-0.39, 0.29) is 23.0 Å². The van der Waals surface area contributed by atoms with Crippen molar-refractivity contribution in [3.8, 4) is 5.75 Å². The van der Waals surface area contributed by atoms with Crippen molar-refractivity contribution in [1.82, 2.24) is 10.6 Å². The lowest BCUT2D eigenvalue weighted by Gasteiger charge is -2.29. The molecule has 2 unspecified atom stereocenters. The van der Waals surface area contributed by atoms with Crippen molar-refractivity contribution in [3.05, 3.63) is 28.8 Å². The third kappa shape index (κ3) is 6.48. The summed E-state index contributed by atoms with van der Waals surface area (Å²) < 4.78 is 4.62. The van der Waals surface area contributed by atoms with Crippen LogP contribution in [0.3, 0.4) is 0 Å². The summed E-state index contributed by atoms with van der Waals surface area (Å²) in [6.45, 7) is 13.5. The number of carbonyl (C=O) groups is 3. The highest BCUT2D eigenvalue weighted by atomic mass is 16.5. The summed E-state index contributed by atoms with van der Waals surface area (Å²) in [5.74, 6) is -0.812. The molecule has 0 fully saturated rings. The highest BCUT2D eigenvalue weighted by Crippen LogP contribution is 2.39. The van der Waals surface area contributed by atoms with Crippen LogP contribution in [-0.4, -0.2) is 42.6 Å². The number of phenolic OH excluding ortho intramolecular Hbond substituents is 1. The number of phenols is 1. The normalized spacial score (nSPS) is 13.9. The number of ether oxygens (including phenoxy) is 1. The number of hydrogen-bond acceptors (Lipinski definition) is 5. The number of methoxy groups -OCH3 is 1. The fourth-order valence-corrected chi connectivity index (χ4v) is 3.05. The van der Waals surface area contributed by atoms with Gasteiger partial charge in [-0.2, -0.15) is 0 Å². The minimum atomic E-state index is -0.871. The largest absolute Gasteiger partial charge is 0.507 e. The van der Waals surface area contributed by atoms with E-state index in [0.29, 0.717) is 6.41 Å². The van der Waals surface area contributed by atoms with E-state index in [1.54, 1.807) is 0 Å². The molecule has 0 bridgehead atoms. The Balaban J connectivity index is 3.31. The van der Waals surface area contributed by atoms with Crippen molar-refractivity contribution < 1.29 is 24.2 Å². The Bertz CT molecular complexity index is 724. The molecule has 0 saturated carbocycles. The van der Waals surface area contributed by atoms with Gasteiger partial charge >= 0.3 is 5.97 Å². The molecule has 0 saturated heterocycles. The molecule has 3 N–H and O–H groups in total. The van der Waals surface area contributed by atoms with Gasteiger partial charge in [-0.25, -0.2) is 4.79 Å². The number of benzene rings is 1. The van der Waals surface area contributed by atoms with Crippen LogP contribution < -0.4 is 10.6 Å². The van der Waals surface area contributed by atoms with Gasteiger partial charge in [-0.15, -0.1) is 0 Å². The van der Waals surface area contributed by atoms with E-state index in [2.05, 4.69) is 15.4 Å². The molecular weight excluding hydrogens is 372 g/mol. The van der Waals surface area contributed by atoms with Crippen LogP contribution in [0.15, 0.2) is 12.1 Å². The van der Waals surface area contributed by atoms with Gasteiger partial charge in [0.15, 0.2) is 0 Å². The first kappa shape index (κ1) is 24.5. The van der Waals surface area contributed by atoms with Crippen molar-refractivity contribution in [2.75, 3.05) is 7.11 Å². The number of nitrogens with one attached hydrogen (secondary N) is 2. The molecule has 7 nitrogen and oxygen atoms in total. The molecule has 1 aromatic rings.